The Morgan fingerprint density at radius 2 is 2.18 bits per heavy atom. The second kappa shape index (κ2) is 8.04. The van der Waals surface area contributed by atoms with Crippen LogP contribution in [0.4, 0.5) is 4.39 Å². The Balaban J connectivity index is 3.17. The number of hydrogen-bond acceptors (Lipinski definition) is 3. The number of rotatable bonds is 4. The van der Waals surface area contributed by atoms with Gasteiger partial charge in [0, 0.05) is 4.48 Å². The number of halogens is 2. The number of hydrogen-bond donors (Lipinski definition) is 0. The summed E-state index contributed by atoms with van der Waals surface area (Å²) in [6, 6.07) is -0.344. The topological polar surface area (TPSA) is 38.7 Å². The van der Waals surface area contributed by atoms with Crippen molar-refractivity contribution in [3.8, 4) is 0 Å². The van der Waals surface area contributed by atoms with Gasteiger partial charge in [0.1, 0.15) is 5.83 Å². The monoisotopic (exact) mass is 373 g/mol. The van der Waals surface area contributed by atoms with E-state index < -0.39 is 0 Å². The van der Waals surface area contributed by atoms with Crippen molar-refractivity contribution in [3.05, 3.63) is 22.5 Å². The van der Waals surface area contributed by atoms with Crippen LogP contribution in [0.2, 0.25) is 0 Å². The quantitative estimate of drug-likeness (QED) is 0.652. The Bertz CT molecular complexity index is 503. The maximum Gasteiger partial charge on any atom is 0.307 e. The molecule has 0 spiro atoms. The minimum absolute atomic E-state index is 0.138. The Kier molecular flexibility index (Phi) is 6.98. The summed E-state index contributed by atoms with van der Waals surface area (Å²) < 4.78 is 20.0. The van der Waals surface area contributed by atoms with Gasteiger partial charge in [-0.1, -0.05) is 43.6 Å². The summed E-state index contributed by atoms with van der Waals surface area (Å²) in [4.78, 5) is 16.1. The smallest absolute Gasteiger partial charge is 0.307 e. The van der Waals surface area contributed by atoms with Crippen LogP contribution in [0.3, 0.4) is 0 Å². The second-order valence-electron chi connectivity index (χ2n) is 6.60. The van der Waals surface area contributed by atoms with Gasteiger partial charge in [-0.25, -0.2) is 4.39 Å². The molecule has 0 bridgehead atoms. The van der Waals surface area contributed by atoms with Crippen LogP contribution in [-0.2, 0) is 9.53 Å². The van der Waals surface area contributed by atoms with E-state index in [4.69, 9.17) is 4.74 Å². The number of allylic oxidation sites excluding steroid dienone is 4. The molecule has 3 nitrogen and oxygen atoms in total. The van der Waals surface area contributed by atoms with Crippen LogP contribution in [0.5, 0.6) is 0 Å². The minimum Gasteiger partial charge on any atom is -0.469 e. The molecule has 0 aromatic rings. The molecule has 1 aliphatic carbocycles. The zero-order valence-electron chi connectivity index (χ0n) is 14.0. The summed E-state index contributed by atoms with van der Waals surface area (Å²) in [5.74, 6) is -0.393. The molecule has 0 fully saturated rings. The molecular formula is C17H25BrFNO2. The number of methoxy groups -OCH3 is 1. The lowest BCUT2D eigenvalue weighted by atomic mass is 9.85. The van der Waals surface area contributed by atoms with Crippen LogP contribution in [0.1, 0.15) is 47.0 Å². The minimum atomic E-state index is -0.344. The summed E-state index contributed by atoms with van der Waals surface area (Å²) in [6.45, 7) is 8.02. The molecule has 0 saturated carbocycles. The Morgan fingerprint density at radius 3 is 2.68 bits per heavy atom. The summed E-state index contributed by atoms with van der Waals surface area (Å²) in [6.07, 6.45) is 5.03. The predicted octanol–water partition coefficient (Wildman–Crippen LogP) is 4.97. The summed E-state index contributed by atoms with van der Waals surface area (Å²) in [5, 5.41) is 0. The first-order valence-corrected chi connectivity index (χ1v) is 8.36. The van der Waals surface area contributed by atoms with Crippen molar-refractivity contribution in [3.63, 3.8) is 0 Å². The SMILES string of the molecule is CCC1CC=C(F)C(=NC(CC(=O)OC)C(C)(C)C)C=C1Br. The highest BCUT2D eigenvalue weighted by Gasteiger charge is 2.28. The zero-order chi connectivity index (χ0) is 16.9. The zero-order valence-corrected chi connectivity index (χ0v) is 15.5. The fraction of sp³-hybridized carbons (Fsp3) is 0.647. The van der Waals surface area contributed by atoms with Crippen molar-refractivity contribution in [1.82, 2.24) is 0 Å². The van der Waals surface area contributed by atoms with Gasteiger partial charge in [0.25, 0.3) is 0 Å². The lowest BCUT2D eigenvalue weighted by Crippen LogP contribution is -2.29. The van der Waals surface area contributed by atoms with Gasteiger partial charge in [0.05, 0.1) is 25.3 Å². The molecule has 0 radical (unpaired) electrons. The van der Waals surface area contributed by atoms with Crippen LogP contribution < -0.4 is 0 Å². The molecule has 124 valence electrons. The normalized spacial score (nSPS) is 22.7. The molecule has 0 aromatic carbocycles. The molecule has 0 aromatic heterocycles. The van der Waals surface area contributed by atoms with Crippen molar-refractivity contribution < 1.29 is 13.9 Å². The van der Waals surface area contributed by atoms with Crippen molar-refractivity contribution in [1.29, 1.82) is 0 Å². The summed E-state index contributed by atoms with van der Waals surface area (Å²) in [5.41, 5.74) is 0.0322. The van der Waals surface area contributed by atoms with E-state index in [2.05, 4.69) is 27.8 Å². The van der Waals surface area contributed by atoms with Crippen molar-refractivity contribution in [2.45, 2.75) is 53.0 Å². The van der Waals surface area contributed by atoms with Gasteiger partial charge in [-0.15, -0.1) is 0 Å². The third-order valence-electron chi connectivity index (χ3n) is 3.87. The average Bonchev–Trinajstić information content (AvgIpc) is 2.56. The summed E-state index contributed by atoms with van der Waals surface area (Å²) >= 11 is 3.53. The molecule has 2 atom stereocenters. The lowest BCUT2D eigenvalue weighted by molar-refractivity contribution is -0.141. The maximum atomic E-state index is 14.3. The van der Waals surface area contributed by atoms with Gasteiger partial charge in [-0.3, -0.25) is 9.79 Å². The first-order valence-electron chi connectivity index (χ1n) is 7.56. The van der Waals surface area contributed by atoms with Gasteiger partial charge >= 0.3 is 5.97 Å². The first-order chi connectivity index (χ1) is 10.2. The number of carbonyl (C=O) groups excluding carboxylic acids is 1. The van der Waals surface area contributed by atoms with Crippen molar-refractivity contribution >= 4 is 27.6 Å². The largest absolute Gasteiger partial charge is 0.469 e. The fourth-order valence-corrected chi connectivity index (χ4v) is 2.92. The molecule has 1 rings (SSSR count). The van der Waals surface area contributed by atoms with Gasteiger partial charge in [-0.2, -0.15) is 0 Å². The predicted molar refractivity (Wildman–Crippen MR) is 91.9 cm³/mol. The van der Waals surface area contributed by atoms with E-state index in [0.717, 1.165) is 10.9 Å². The third-order valence-corrected chi connectivity index (χ3v) is 4.74. The Labute approximate surface area is 140 Å². The molecule has 0 amide bonds. The Hall–Kier alpha value is -0.970. The van der Waals surface area contributed by atoms with Crippen LogP contribution in [0.25, 0.3) is 0 Å². The molecule has 0 heterocycles. The van der Waals surface area contributed by atoms with E-state index in [1.807, 2.05) is 20.8 Å². The van der Waals surface area contributed by atoms with Crippen molar-refractivity contribution in [2.24, 2.45) is 16.3 Å². The lowest BCUT2D eigenvalue weighted by Gasteiger charge is -2.27. The number of nitrogens with zero attached hydrogens (tertiary/aromatic N) is 1. The number of ether oxygens (including phenoxy) is 1. The molecule has 0 saturated heterocycles. The fourth-order valence-electron chi connectivity index (χ4n) is 2.20. The Morgan fingerprint density at radius 1 is 1.55 bits per heavy atom. The first kappa shape index (κ1) is 19.1. The van der Waals surface area contributed by atoms with Crippen LogP contribution in [0.15, 0.2) is 27.5 Å². The van der Waals surface area contributed by atoms with Crippen molar-refractivity contribution in [2.75, 3.05) is 7.11 Å². The van der Waals surface area contributed by atoms with Crippen LogP contribution in [-0.4, -0.2) is 24.8 Å². The van der Waals surface area contributed by atoms with E-state index in [0.29, 0.717) is 12.1 Å². The van der Waals surface area contributed by atoms with E-state index in [1.165, 1.54) is 7.11 Å². The number of aliphatic imine (C=N–C) groups is 1. The van der Waals surface area contributed by atoms with Gasteiger partial charge in [0.15, 0.2) is 0 Å². The van der Waals surface area contributed by atoms with Gasteiger partial charge < -0.3 is 4.74 Å². The maximum absolute atomic E-state index is 14.3. The van der Waals surface area contributed by atoms with E-state index in [1.54, 1.807) is 12.2 Å². The average molecular weight is 374 g/mol. The number of carbonyl (C=O) groups is 1. The molecule has 0 aliphatic heterocycles. The third kappa shape index (κ3) is 5.34. The highest BCUT2D eigenvalue weighted by atomic mass is 79.9. The van der Waals surface area contributed by atoms with Gasteiger partial charge in [-0.05, 0) is 36.3 Å². The molecule has 0 N–H and O–H groups in total. The van der Waals surface area contributed by atoms with Crippen LogP contribution in [0, 0.1) is 11.3 Å². The van der Waals surface area contributed by atoms with E-state index in [-0.39, 0.29) is 35.6 Å². The molecule has 2 unspecified atom stereocenters. The van der Waals surface area contributed by atoms with E-state index >= 15 is 0 Å². The van der Waals surface area contributed by atoms with E-state index in [9.17, 15) is 9.18 Å². The second-order valence-corrected chi connectivity index (χ2v) is 7.51. The molecule has 1 aliphatic rings. The summed E-state index contributed by atoms with van der Waals surface area (Å²) in [7, 11) is 1.35. The van der Waals surface area contributed by atoms with Crippen LogP contribution >= 0.6 is 15.9 Å². The highest BCUT2D eigenvalue weighted by molar-refractivity contribution is 9.11. The molecule has 5 heteroatoms. The standard InChI is InChI=1S/C17H25BrFNO2/c1-6-11-7-8-13(19)14(9-12(11)18)20-15(17(2,3)4)10-16(21)22-5/h8-9,11,15H,6-7,10H2,1-5H3. The molecular weight excluding hydrogens is 349 g/mol. The highest BCUT2D eigenvalue weighted by Crippen LogP contribution is 2.31. The van der Waals surface area contributed by atoms with Gasteiger partial charge in [0.2, 0.25) is 0 Å². The number of esters is 1. The molecule has 22 heavy (non-hydrogen) atoms.